The van der Waals surface area contributed by atoms with Crippen molar-refractivity contribution in [3.63, 3.8) is 0 Å². The van der Waals surface area contributed by atoms with Crippen molar-refractivity contribution in [2.45, 2.75) is 19.4 Å². The molecule has 1 aromatic carbocycles. The molecule has 0 radical (unpaired) electrons. The highest BCUT2D eigenvalue weighted by molar-refractivity contribution is 5.79. The van der Waals surface area contributed by atoms with E-state index in [0.29, 0.717) is 13.0 Å². The third-order valence-corrected chi connectivity index (χ3v) is 4.22. The van der Waals surface area contributed by atoms with Crippen LogP contribution in [0.5, 0.6) is 5.75 Å². The fourth-order valence-corrected chi connectivity index (χ4v) is 3.02. The summed E-state index contributed by atoms with van der Waals surface area (Å²) < 4.78 is 5.45. The number of hydrogen-bond acceptors (Lipinski definition) is 4. The number of piperazine rings is 1. The molecule has 2 aromatic rings. The number of rotatable bonds is 5. The number of carbonyl (C=O) groups is 1. The summed E-state index contributed by atoms with van der Waals surface area (Å²) in [7, 11) is 0. The molecule has 1 amide bonds. The lowest BCUT2D eigenvalue weighted by Crippen LogP contribution is -2.49. The Hall–Kier alpha value is -2.40. The minimum Gasteiger partial charge on any atom is -0.494 e. The van der Waals surface area contributed by atoms with Crippen LogP contribution in [-0.2, 0) is 11.2 Å². The molecule has 0 spiro atoms. The summed E-state index contributed by atoms with van der Waals surface area (Å²) in [5, 5.41) is 3.37. The van der Waals surface area contributed by atoms with E-state index in [4.69, 9.17) is 4.74 Å². The third-order valence-electron chi connectivity index (χ3n) is 4.22. The third kappa shape index (κ3) is 3.92. The summed E-state index contributed by atoms with van der Waals surface area (Å²) in [6.07, 6.45) is 4.00. The second-order valence-electron chi connectivity index (χ2n) is 5.85. The van der Waals surface area contributed by atoms with Gasteiger partial charge in [0.05, 0.1) is 19.1 Å². The maximum Gasteiger partial charge on any atom is 0.227 e. The molecule has 1 atom stereocenters. The molecule has 1 N–H and O–H groups in total. The van der Waals surface area contributed by atoms with Gasteiger partial charge in [0, 0.05) is 32.0 Å². The van der Waals surface area contributed by atoms with Crippen LogP contribution < -0.4 is 10.1 Å². The number of amides is 1. The molecule has 0 bridgehead atoms. The zero-order valence-electron chi connectivity index (χ0n) is 13.9. The zero-order chi connectivity index (χ0) is 16.8. The Bertz CT molecular complexity index is 658. The molecule has 1 saturated heterocycles. The van der Waals surface area contributed by atoms with Gasteiger partial charge in [0.25, 0.3) is 0 Å². The molecule has 5 heteroatoms. The van der Waals surface area contributed by atoms with Crippen molar-refractivity contribution in [1.29, 1.82) is 0 Å². The van der Waals surface area contributed by atoms with Crippen molar-refractivity contribution in [3.05, 3.63) is 59.9 Å². The lowest BCUT2D eigenvalue weighted by atomic mass is 10.0. The monoisotopic (exact) mass is 325 g/mol. The van der Waals surface area contributed by atoms with Gasteiger partial charge >= 0.3 is 0 Å². The van der Waals surface area contributed by atoms with Crippen molar-refractivity contribution in [3.8, 4) is 5.75 Å². The van der Waals surface area contributed by atoms with Crippen LogP contribution in [0.25, 0.3) is 0 Å². The number of hydrogen-bond donors (Lipinski definition) is 1. The fraction of sp³-hybridized carbons (Fsp3) is 0.368. The Morgan fingerprint density at radius 1 is 1.33 bits per heavy atom. The predicted molar refractivity (Wildman–Crippen MR) is 92.9 cm³/mol. The first-order valence-corrected chi connectivity index (χ1v) is 8.39. The van der Waals surface area contributed by atoms with Gasteiger partial charge < -0.3 is 15.0 Å². The first-order valence-electron chi connectivity index (χ1n) is 8.39. The van der Waals surface area contributed by atoms with Crippen LogP contribution in [0.2, 0.25) is 0 Å². The van der Waals surface area contributed by atoms with Gasteiger partial charge in [-0.15, -0.1) is 0 Å². The quantitative estimate of drug-likeness (QED) is 0.916. The van der Waals surface area contributed by atoms with Gasteiger partial charge in [0.1, 0.15) is 5.75 Å². The average Bonchev–Trinajstić information content (AvgIpc) is 2.64. The zero-order valence-corrected chi connectivity index (χ0v) is 13.9. The highest BCUT2D eigenvalue weighted by Gasteiger charge is 2.27. The van der Waals surface area contributed by atoms with Crippen LogP contribution in [0.15, 0.2) is 48.8 Å². The lowest BCUT2D eigenvalue weighted by molar-refractivity contribution is -0.133. The van der Waals surface area contributed by atoms with E-state index in [0.717, 1.165) is 36.5 Å². The number of ether oxygens (including phenoxy) is 1. The highest BCUT2D eigenvalue weighted by atomic mass is 16.5. The molecule has 126 valence electrons. The summed E-state index contributed by atoms with van der Waals surface area (Å²) >= 11 is 0. The molecular weight excluding hydrogens is 302 g/mol. The van der Waals surface area contributed by atoms with E-state index >= 15 is 0 Å². The molecular formula is C19H23N3O2. The second kappa shape index (κ2) is 7.93. The lowest BCUT2D eigenvalue weighted by Gasteiger charge is -2.36. The second-order valence-corrected chi connectivity index (χ2v) is 5.85. The van der Waals surface area contributed by atoms with Gasteiger partial charge in [0.2, 0.25) is 5.91 Å². The van der Waals surface area contributed by atoms with E-state index < -0.39 is 0 Å². The molecule has 24 heavy (non-hydrogen) atoms. The summed E-state index contributed by atoms with van der Waals surface area (Å²) in [5.41, 5.74) is 2.08. The Kier molecular flexibility index (Phi) is 5.43. The Morgan fingerprint density at radius 3 is 2.88 bits per heavy atom. The molecule has 0 aliphatic carbocycles. The number of nitrogens with zero attached hydrogens (tertiary/aromatic N) is 2. The normalized spacial score (nSPS) is 17.5. The topological polar surface area (TPSA) is 54.5 Å². The molecule has 1 fully saturated rings. The molecule has 1 aliphatic rings. The minimum atomic E-state index is 0.0441. The van der Waals surface area contributed by atoms with Crippen LogP contribution in [0.3, 0.4) is 0 Å². The number of pyridine rings is 1. The highest BCUT2D eigenvalue weighted by Crippen LogP contribution is 2.22. The van der Waals surface area contributed by atoms with Crippen molar-refractivity contribution in [2.75, 3.05) is 26.2 Å². The predicted octanol–water partition coefficient (Wildman–Crippen LogP) is 2.20. The van der Waals surface area contributed by atoms with Crippen LogP contribution in [0.1, 0.15) is 24.1 Å². The fourth-order valence-electron chi connectivity index (χ4n) is 3.02. The number of nitrogens with one attached hydrogen (secondary N) is 1. The first kappa shape index (κ1) is 16.5. The van der Waals surface area contributed by atoms with Crippen molar-refractivity contribution in [1.82, 2.24) is 15.2 Å². The van der Waals surface area contributed by atoms with E-state index in [1.54, 1.807) is 6.20 Å². The van der Waals surface area contributed by atoms with Crippen molar-refractivity contribution < 1.29 is 9.53 Å². The van der Waals surface area contributed by atoms with Crippen LogP contribution in [0.4, 0.5) is 0 Å². The number of aromatic nitrogens is 1. The van der Waals surface area contributed by atoms with Crippen LogP contribution >= 0.6 is 0 Å². The Morgan fingerprint density at radius 2 is 2.17 bits per heavy atom. The smallest absolute Gasteiger partial charge is 0.227 e. The molecule has 0 saturated carbocycles. The SMILES string of the molecule is CCOc1ccc(CC(=O)N2CCNCC2c2cccnc2)cc1. The van der Waals surface area contributed by atoms with Crippen molar-refractivity contribution in [2.24, 2.45) is 0 Å². The van der Waals surface area contributed by atoms with E-state index in [2.05, 4.69) is 10.3 Å². The van der Waals surface area contributed by atoms with Crippen molar-refractivity contribution >= 4 is 5.91 Å². The summed E-state index contributed by atoms with van der Waals surface area (Å²) in [4.78, 5) is 19.0. The molecule has 1 unspecified atom stereocenters. The summed E-state index contributed by atoms with van der Waals surface area (Å²) in [6.45, 7) is 4.91. The largest absolute Gasteiger partial charge is 0.494 e. The average molecular weight is 325 g/mol. The molecule has 2 heterocycles. The summed E-state index contributed by atoms with van der Waals surface area (Å²) in [5.74, 6) is 0.985. The Balaban J connectivity index is 1.70. The van der Waals surface area contributed by atoms with Crippen LogP contribution in [0, 0.1) is 0 Å². The van der Waals surface area contributed by atoms with Gasteiger partial charge in [-0.3, -0.25) is 9.78 Å². The van der Waals surface area contributed by atoms with Gasteiger partial charge in [-0.2, -0.15) is 0 Å². The van der Waals surface area contributed by atoms with Gasteiger partial charge in [0.15, 0.2) is 0 Å². The van der Waals surface area contributed by atoms with Gasteiger partial charge in [-0.1, -0.05) is 18.2 Å². The molecule has 5 nitrogen and oxygen atoms in total. The van der Waals surface area contributed by atoms with E-state index in [1.165, 1.54) is 0 Å². The van der Waals surface area contributed by atoms with E-state index in [1.807, 2.05) is 54.4 Å². The standard InChI is InChI=1S/C19H23N3O2/c1-2-24-17-7-5-15(6-8-17)12-19(23)22-11-10-21-14-18(22)16-4-3-9-20-13-16/h3-9,13,18,21H,2,10-12,14H2,1H3. The summed E-state index contributed by atoms with van der Waals surface area (Å²) in [6, 6.07) is 11.8. The van der Waals surface area contributed by atoms with Gasteiger partial charge in [-0.05, 0) is 36.2 Å². The Labute approximate surface area is 142 Å². The molecule has 3 rings (SSSR count). The molecule has 1 aromatic heterocycles. The number of benzene rings is 1. The van der Waals surface area contributed by atoms with E-state index in [9.17, 15) is 4.79 Å². The number of carbonyl (C=O) groups excluding carboxylic acids is 1. The first-order chi connectivity index (χ1) is 11.8. The van der Waals surface area contributed by atoms with Gasteiger partial charge in [-0.25, -0.2) is 0 Å². The van der Waals surface area contributed by atoms with Crippen LogP contribution in [-0.4, -0.2) is 42.0 Å². The minimum absolute atomic E-state index is 0.0441. The maximum absolute atomic E-state index is 12.8. The van der Waals surface area contributed by atoms with E-state index in [-0.39, 0.29) is 11.9 Å². The maximum atomic E-state index is 12.8. The molecule has 1 aliphatic heterocycles.